The van der Waals surface area contributed by atoms with E-state index >= 15 is 0 Å². The van der Waals surface area contributed by atoms with Crippen LogP contribution < -0.4 is 0 Å². The van der Waals surface area contributed by atoms with Gasteiger partial charge in [-0.15, -0.1) is 0 Å². The fraction of sp³-hybridized carbons (Fsp3) is 0. The molecular weight excluding hydrogens is 687 g/mol. The fourth-order valence-electron chi connectivity index (χ4n) is 7.04. The van der Waals surface area contributed by atoms with Gasteiger partial charge in [0.25, 0.3) is 0 Å². The molecule has 0 spiro atoms. The van der Waals surface area contributed by atoms with Gasteiger partial charge in [-0.1, -0.05) is 18.2 Å². The summed E-state index contributed by atoms with van der Waals surface area (Å²) in [5.41, 5.74) is 7.25. The molecule has 0 radical (unpaired) electrons. The maximum Gasteiger partial charge on any atom is 0.162 e. The zero-order valence-corrected chi connectivity index (χ0v) is 28.7. The third-order valence-electron chi connectivity index (χ3n) is 9.15. The Kier molecular flexibility index (Phi) is 7.76. The number of hydrogen-bond acceptors (Lipinski definition) is 12. The summed E-state index contributed by atoms with van der Waals surface area (Å²) >= 11 is 0. The van der Waals surface area contributed by atoms with E-state index < -0.39 is 0 Å². The van der Waals surface area contributed by atoms with Gasteiger partial charge in [-0.3, -0.25) is 9.97 Å². The van der Waals surface area contributed by atoms with Crippen LogP contribution in [0.25, 0.3) is 95.7 Å². The fourth-order valence-corrected chi connectivity index (χ4v) is 7.04. The van der Waals surface area contributed by atoms with Crippen molar-refractivity contribution in [1.29, 1.82) is 0 Å². The molecule has 10 aromatic rings. The zero-order chi connectivity index (χ0) is 36.6. The highest BCUT2D eigenvalue weighted by molar-refractivity contribution is 6.23. The monoisotopic (exact) mass is 711 g/mol. The predicted octanol–water partition coefficient (Wildman–Crippen LogP) is 7.53. The van der Waals surface area contributed by atoms with Crippen LogP contribution in [-0.4, -0.2) is 64.4 Å². The van der Waals surface area contributed by atoms with Crippen molar-refractivity contribution < 1.29 is 0 Å². The number of hydrogen-bond donors (Lipinski definition) is 0. The Balaban J connectivity index is 1.53. The van der Waals surface area contributed by atoms with Crippen molar-refractivity contribution >= 4 is 21.8 Å². The lowest BCUT2D eigenvalue weighted by Gasteiger charge is -2.18. The Morgan fingerprint density at radius 1 is 0.345 bits per heavy atom. The van der Waals surface area contributed by atoms with Gasteiger partial charge < -0.3 is 4.57 Å². The minimum atomic E-state index is 0.462. The van der Waals surface area contributed by atoms with E-state index in [0.29, 0.717) is 68.2 Å². The van der Waals surface area contributed by atoms with Gasteiger partial charge in [0.2, 0.25) is 0 Å². The first kappa shape index (κ1) is 31.7. The molecule has 0 unspecified atom stereocenters. The van der Waals surface area contributed by atoms with Crippen molar-refractivity contribution in [2.75, 3.05) is 0 Å². The maximum atomic E-state index is 4.86. The number of para-hydroxylation sites is 1. The first-order chi connectivity index (χ1) is 27.3. The summed E-state index contributed by atoms with van der Waals surface area (Å²) in [5, 5.41) is 1.70. The highest BCUT2D eigenvalue weighted by Gasteiger charge is 2.31. The van der Waals surface area contributed by atoms with E-state index in [1.165, 1.54) is 0 Å². The van der Waals surface area contributed by atoms with Crippen molar-refractivity contribution in [1.82, 2.24) is 64.4 Å². The second-order valence-corrected chi connectivity index (χ2v) is 12.3. The van der Waals surface area contributed by atoms with E-state index in [2.05, 4.69) is 33.8 Å². The van der Waals surface area contributed by atoms with Gasteiger partial charge in [0.1, 0.15) is 0 Å². The van der Waals surface area contributed by atoms with E-state index in [1.807, 2.05) is 18.2 Å². The molecule has 0 saturated carbocycles. The molecular formula is C42H25N13. The quantitative estimate of drug-likeness (QED) is 0.160. The van der Waals surface area contributed by atoms with E-state index in [9.17, 15) is 0 Å². The third-order valence-corrected chi connectivity index (χ3v) is 9.15. The van der Waals surface area contributed by atoms with Crippen LogP contribution in [0.15, 0.2) is 153 Å². The molecule has 0 aliphatic rings. The highest BCUT2D eigenvalue weighted by Crippen LogP contribution is 2.50. The van der Waals surface area contributed by atoms with Crippen LogP contribution in [0.1, 0.15) is 0 Å². The predicted molar refractivity (Wildman–Crippen MR) is 207 cm³/mol. The topological polar surface area (TPSA) is 160 Å². The Labute approximate surface area is 312 Å². The molecule has 258 valence electrons. The first-order valence-electron chi connectivity index (χ1n) is 17.3. The molecule has 13 heteroatoms. The van der Waals surface area contributed by atoms with Crippen LogP contribution in [0.5, 0.6) is 0 Å². The number of aromatic nitrogens is 13. The molecule has 0 N–H and O–H groups in total. The SMILES string of the molecule is c1ccc(-n2c3c(-c4ncccn4)c(-c4cnccn4)c(-c4ncccn4)cc3c3cc(-c4ncccn4)c(-c4ncccn4)c(-c4ncccn4)c32)cc1. The summed E-state index contributed by atoms with van der Waals surface area (Å²) < 4.78 is 2.21. The van der Waals surface area contributed by atoms with Gasteiger partial charge >= 0.3 is 0 Å². The molecule has 13 nitrogen and oxygen atoms in total. The van der Waals surface area contributed by atoms with Crippen LogP contribution in [0.2, 0.25) is 0 Å². The van der Waals surface area contributed by atoms with Crippen molar-refractivity contribution in [3.05, 3.63) is 153 Å². The van der Waals surface area contributed by atoms with Gasteiger partial charge in [-0.25, -0.2) is 49.8 Å². The third kappa shape index (κ3) is 5.42. The van der Waals surface area contributed by atoms with Crippen molar-refractivity contribution in [2.45, 2.75) is 0 Å². The summed E-state index contributed by atoms with van der Waals surface area (Å²) in [5.74, 6) is 2.38. The molecule has 55 heavy (non-hydrogen) atoms. The van der Waals surface area contributed by atoms with Gasteiger partial charge in [0.15, 0.2) is 29.1 Å². The Hall–Kier alpha value is -8.06. The Morgan fingerprint density at radius 2 is 0.764 bits per heavy atom. The largest absolute Gasteiger partial charge is 0.308 e. The Morgan fingerprint density at radius 3 is 1.22 bits per heavy atom. The van der Waals surface area contributed by atoms with E-state index in [1.54, 1.807) is 111 Å². The smallest absolute Gasteiger partial charge is 0.162 e. The summed E-state index contributed by atoms with van der Waals surface area (Å²) in [6.07, 6.45) is 22.3. The second-order valence-electron chi connectivity index (χ2n) is 12.3. The number of rotatable bonds is 7. The van der Waals surface area contributed by atoms with E-state index in [-0.39, 0.29) is 0 Å². The van der Waals surface area contributed by atoms with Gasteiger partial charge in [-0.05, 0) is 54.6 Å². The average Bonchev–Trinajstić information content (AvgIpc) is 3.60. The standard InChI is InChI=1S/C42H25N13/c1-2-9-26(10-3-1)55-36-27(23-29(38-45-11-4-12-46-38)32(31-25-43-21-22-44-31)34(36)41-51-17-7-18-52-41)28-24-30(39-47-13-5-14-48-39)33(40-49-15-6-16-50-40)35(37(28)55)42-53-19-8-20-54-42/h1-25H. The summed E-state index contributed by atoms with van der Waals surface area (Å²) in [4.78, 5) is 57.2. The van der Waals surface area contributed by atoms with Gasteiger partial charge in [0, 0.05) is 113 Å². The van der Waals surface area contributed by atoms with Crippen LogP contribution >= 0.6 is 0 Å². The molecule has 0 aliphatic carbocycles. The second kappa shape index (κ2) is 13.5. The average molecular weight is 712 g/mol. The minimum Gasteiger partial charge on any atom is -0.308 e. The Bertz CT molecular complexity index is 2750. The maximum absolute atomic E-state index is 4.86. The summed E-state index contributed by atoms with van der Waals surface area (Å²) in [6.45, 7) is 0. The van der Waals surface area contributed by atoms with Crippen LogP contribution in [0.3, 0.4) is 0 Å². The van der Waals surface area contributed by atoms with E-state index in [4.69, 9.17) is 54.8 Å². The lowest BCUT2D eigenvalue weighted by Crippen LogP contribution is -2.04. The number of benzene rings is 3. The van der Waals surface area contributed by atoms with E-state index in [0.717, 1.165) is 27.5 Å². The normalized spacial score (nSPS) is 11.3. The lowest BCUT2D eigenvalue weighted by molar-refractivity contribution is 1.12. The lowest BCUT2D eigenvalue weighted by atomic mass is 9.91. The molecule has 3 aromatic carbocycles. The molecule has 0 aliphatic heterocycles. The summed E-state index contributed by atoms with van der Waals surface area (Å²) in [7, 11) is 0. The molecule has 10 rings (SSSR count). The van der Waals surface area contributed by atoms with Crippen molar-refractivity contribution in [3.63, 3.8) is 0 Å². The molecule has 0 amide bonds. The van der Waals surface area contributed by atoms with Gasteiger partial charge in [-0.2, -0.15) is 0 Å². The van der Waals surface area contributed by atoms with Crippen molar-refractivity contribution in [3.8, 4) is 73.9 Å². The van der Waals surface area contributed by atoms with Crippen LogP contribution in [0, 0.1) is 0 Å². The highest BCUT2D eigenvalue weighted by atomic mass is 15.0. The molecule has 0 atom stereocenters. The van der Waals surface area contributed by atoms with Crippen molar-refractivity contribution in [2.24, 2.45) is 0 Å². The number of nitrogens with zero attached hydrogens (tertiary/aromatic N) is 13. The minimum absolute atomic E-state index is 0.462. The molecule has 7 heterocycles. The number of fused-ring (bicyclic) bond motifs is 3. The van der Waals surface area contributed by atoms with Gasteiger partial charge in [0.05, 0.1) is 34.1 Å². The molecule has 7 aromatic heterocycles. The van der Waals surface area contributed by atoms with Crippen LogP contribution in [-0.2, 0) is 0 Å². The van der Waals surface area contributed by atoms with Crippen LogP contribution in [0.4, 0.5) is 0 Å². The molecule has 0 bridgehead atoms. The molecule has 0 fully saturated rings. The first-order valence-corrected chi connectivity index (χ1v) is 17.3. The molecule has 0 saturated heterocycles. The zero-order valence-electron chi connectivity index (χ0n) is 28.7. The summed E-state index contributed by atoms with van der Waals surface area (Å²) in [6, 6.07) is 23.3.